The van der Waals surface area contributed by atoms with Crippen LogP contribution in [0.15, 0.2) is 67.0 Å². The Labute approximate surface area is 206 Å². The van der Waals surface area contributed by atoms with Crippen molar-refractivity contribution in [2.45, 2.75) is 19.8 Å². The molecule has 0 aliphatic carbocycles. The van der Waals surface area contributed by atoms with Crippen molar-refractivity contribution < 1.29 is 9.59 Å². The highest BCUT2D eigenvalue weighted by atomic mass is 16.2. The van der Waals surface area contributed by atoms with E-state index in [9.17, 15) is 9.59 Å². The van der Waals surface area contributed by atoms with Crippen molar-refractivity contribution in [1.29, 1.82) is 0 Å². The first-order valence-corrected chi connectivity index (χ1v) is 12.3. The van der Waals surface area contributed by atoms with E-state index in [1.54, 1.807) is 17.9 Å². The van der Waals surface area contributed by atoms with Crippen LogP contribution in [0, 0.1) is 0 Å². The highest BCUT2D eigenvalue weighted by molar-refractivity contribution is 6.06. The van der Waals surface area contributed by atoms with E-state index in [0.29, 0.717) is 12.1 Å². The zero-order chi connectivity index (χ0) is 24.2. The number of para-hydroxylation sites is 2. The molecule has 35 heavy (non-hydrogen) atoms. The lowest BCUT2D eigenvalue weighted by molar-refractivity contribution is -0.116. The van der Waals surface area contributed by atoms with Gasteiger partial charge in [-0.2, -0.15) is 0 Å². The van der Waals surface area contributed by atoms with Crippen molar-refractivity contribution in [3.8, 4) is 0 Å². The molecule has 3 aromatic rings. The van der Waals surface area contributed by atoms with Gasteiger partial charge in [-0.05, 0) is 66.4 Å². The molecule has 0 radical (unpaired) electrons. The van der Waals surface area contributed by atoms with E-state index in [1.165, 1.54) is 5.56 Å². The van der Waals surface area contributed by atoms with Crippen LogP contribution in [0.4, 0.5) is 17.1 Å². The zero-order valence-electron chi connectivity index (χ0n) is 20.1. The van der Waals surface area contributed by atoms with E-state index >= 15 is 0 Å². The number of nitrogens with one attached hydrogen (secondary N) is 1. The van der Waals surface area contributed by atoms with E-state index in [2.05, 4.69) is 38.3 Å². The second-order valence-electron chi connectivity index (χ2n) is 9.17. The molecule has 7 heteroatoms. The third-order valence-corrected chi connectivity index (χ3v) is 6.95. The number of nitrogens with zero attached hydrogens (tertiary/aromatic N) is 4. The monoisotopic (exact) mass is 469 g/mol. The molecule has 1 fully saturated rings. The average Bonchev–Trinajstić information content (AvgIpc) is 3.32. The Kier molecular flexibility index (Phi) is 6.77. The maximum Gasteiger partial charge on any atom is 0.255 e. The first kappa shape index (κ1) is 23.1. The minimum atomic E-state index is -0.127. The van der Waals surface area contributed by atoms with Crippen LogP contribution in [0.1, 0.15) is 28.4 Å². The normalized spacial score (nSPS) is 15.7. The summed E-state index contributed by atoms with van der Waals surface area (Å²) in [6.45, 7) is 7.11. The fourth-order valence-corrected chi connectivity index (χ4v) is 4.97. The summed E-state index contributed by atoms with van der Waals surface area (Å²) in [6.07, 6.45) is 5.50. The van der Waals surface area contributed by atoms with Gasteiger partial charge in [0.05, 0.1) is 11.4 Å². The van der Waals surface area contributed by atoms with Gasteiger partial charge in [-0.15, -0.1) is 0 Å². The van der Waals surface area contributed by atoms with Crippen molar-refractivity contribution in [2.75, 3.05) is 54.4 Å². The largest absolute Gasteiger partial charge is 0.367 e. The first-order valence-electron chi connectivity index (χ1n) is 12.3. The molecule has 3 heterocycles. The number of carbonyl (C=O) groups is 2. The third-order valence-electron chi connectivity index (χ3n) is 6.95. The maximum atomic E-state index is 13.1. The molecule has 1 aromatic heterocycles. The van der Waals surface area contributed by atoms with Gasteiger partial charge in [0.2, 0.25) is 5.91 Å². The van der Waals surface area contributed by atoms with Crippen LogP contribution in [-0.4, -0.2) is 61.0 Å². The molecule has 7 nitrogen and oxygen atoms in total. The highest BCUT2D eigenvalue weighted by Crippen LogP contribution is 2.30. The van der Waals surface area contributed by atoms with Gasteiger partial charge in [0, 0.05) is 69.8 Å². The Balaban J connectivity index is 1.21. The number of carbonyl (C=O) groups excluding carboxylic acids is 2. The molecule has 0 spiro atoms. The summed E-state index contributed by atoms with van der Waals surface area (Å²) in [5, 5.41) is 3.13. The van der Waals surface area contributed by atoms with Crippen molar-refractivity contribution in [2.24, 2.45) is 0 Å². The van der Waals surface area contributed by atoms with Crippen LogP contribution in [0.25, 0.3) is 0 Å². The van der Waals surface area contributed by atoms with Crippen molar-refractivity contribution >= 4 is 28.9 Å². The Morgan fingerprint density at radius 3 is 2.46 bits per heavy atom. The van der Waals surface area contributed by atoms with Crippen LogP contribution in [0.5, 0.6) is 0 Å². The predicted molar refractivity (Wildman–Crippen MR) is 139 cm³/mol. The Hall–Kier alpha value is -3.71. The van der Waals surface area contributed by atoms with E-state index in [4.69, 9.17) is 0 Å². The molecule has 0 bridgehead atoms. The minimum absolute atomic E-state index is 0.0346. The smallest absolute Gasteiger partial charge is 0.255 e. The molecule has 180 valence electrons. The van der Waals surface area contributed by atoms with E-state index < -0.39 is 0 Å². The van der Waals surface area contributed by atoms with Gasteiger partial charge in [-0.25, -0.2) is 0 Å². The van der Waals surface area contributed by atoms with Gasteiger partial charge in [0.1, 0.15) is 0 Å². The van der Waals surface area contributed by atoms with Crippen LogP contribution >= 0.6 is 0 Å². The Bertz CT molecular complexity index is 1200. The molecule has 0 atom stereocenters. The average molecular weight is 470 g/mol. The predicted octanol–water partition coefficient (Wildman–Crippen LogP) is 3.61. The molecule has 2 aromatic carbocycles. The fourth-order valence-electron chi connectivity index (χ4n) is 4.97. The van der Waals surface area contributed by atoms with Crippen molar-refractivity contribution in [3.05, 3.63) is 83.7 Å². The van der Waals surface area contributed by atoms with E-state index in [0.717, 1.165) is 68.2 Å². The van der Waals surface area contributed by atoms with Crippen molar-refractivity contribution in [1.82, 2.24) is 9.88 Å². The number of hydrogen-bond donors (Lipinski definition) is 1. The van der Waals surface area contributed by atoms with Gasteiger partial charge in [0.15, 0.2) is 0 Å². The van der Waals surface area contributed by atoms with Crippen LogP contribution in [0.2, 0.25) is 0 Å². The molecular weight excluding hydrogens is 438 g/mol. The zero-order valence-corrected chi connectivity index (χ0v) is 20.1. The molecule has 2 aliphatic rings. The number of piperazine rings is 1. The van der Waals surface area contributed by atoms with E-state index in [-0.39, 0.29) is 11.8 Å². The third kappa shape index (κ3) is 5.20. The van der Waals surface area contributed by atoms with Gasteiger partial charge < -0.3 is 15.1 Å². The number of aromatic nitrogens is 1. The van der Waals surface area contributed by atoms with Crippen LogP contribution < -0.4 is 15.1 Å². The van der Waals surface area contributed by atoms with E-state index in [1.807, 2.05) is 42.7 Å². The van der Waals surface area contributed by atoms with Crippen LogP contribution in [-0.2, 0) is 17.6 Å². The summed E-state index contributed by atoms with van der Waals surface area (Å²) in [5.74, 6) is -0.0927. The molecule has 0 saturated carbocycles. The molecule has 5 rings (SSSR count). The molecular formula is C28H31N5O2. The molecule has 1 N–H and O–H groups in total. The number of rotatable bonds is 6. The summed E-state index contributed by atoms with van der Waals surface area (Å²) >= 11 is 0. The lowest BCUT2D eigenvalue weighted by atomic mass is 10.1. The summed E-state index contributed by atoms with van der Waals surface area (Å²) < 4.78 is 0. The van der Waals surface area contributed by atoms with Gasteiger partial charge >= 0.3 is 0 Å². The topological polar surface area (TPSA) is 68.8 Å². The highest BCUT2D eigenvalue weighted by Gasteiger charge is 2.24. The maximum absolute atomic E-state index is 13.1. The minimum Gasteiger partial charge on any atom is -0.367 e. The summed E-state index contributed by atoms with van der Waals surface area (Å²) in [6, 6.07) is 17.8. The lowest BCUT2D eigenvalue weighted by Crippen LogP contribution is -2.47. The lowest BCUT2D eigenvalue weighted by Gasteiger charge is -2.37. The summed E-state index contributed by atoms with van der Waals surface area (Å²) in [4.78, 5) is 35.6. The molecule has 0 unspecified atom stereocenters. The molecule has 2 aliphatic heterocycles. The first-order chi connectivity index (χ1) is 17.1. The number of amides is 2. The molecule has 1 saturated heterocycles. The standard InChI is InChI=1S/C28H31N5O2/c1-21(34)33-15-11-23-20-24(6-7-26(23)33)28(35)30-25-4-2-3-5-27(25)32-18-16-31(17-19-32)14-10-22-8-12-29-13-9-22/h2-9,12-13,20H,10-11,14-19H2,1H3,(H,30,35). The second kappa shape index (κ2) is 10.3. The van der Waals surface area contributed by atoms with Crippen molar-refractivity contribution in [3.63, 3.8) is 0 Å². The summed E-state index contributed by atoms with van der Waals surface area (Å²) in [5.41, 5.74) is 5.77. The molecule has 2 amide bonds. The fraction of sp³-hybridized carbons (Fsp3) is 0.321. The number of anilines is 3. The van der Waals surface area contributed by atoms with Gasteiger partial charge in [0.25, 0.3) is 5.91 Å². The summed E-state index contributed by atoms with van der Waals surface area (Å²) in [7, 11) is 0. The van der Waals surface area contributed by atoms with Gasteiger partial charge in [-0.3, -0.25) is 19.5 Å². The quantitative estimate of drug-likeness (QED) is 0.597. The second-order valence-corrected chi connectivity index (χ2v) is 9.17. The number of benzene rings is 2. The Morgan fingerprint density at radius 1 is 0.914 bits per heavy atom. The van der Waals surface area contributed by atoms with Crippen LogP contribution in [0.3, 0.4) is 0 Å². The van der Waals surface area contributed by atoms with Gasteiger partial charge in [-0.1, -0.05) is 12.1 Å². The SMILES string of the molecule is CC(=O)N1CCc2cc(C(=O)Nc3ccccc3N3CCN(CCc4ccncc4)CC3)ccc21. The number of pyridine rings is 1. The Morgan fingerprint density at radius 2 is 1.69 bits per heavy atom. The number of fused-ring (bicyclic) bond motifs is 1. The number of hydrogen-bond acceptors (Lipinski definition) is 5.